The van der Waals surface area contributed by atoms with Crippen LogP contribution in [0.5, 0.6) is 0 Å². The summed E-state index contributed by atoms with van der Waals surface area (Å²) >= 11 is 0.918. The van der Waals surface area contributed by atoms with Crippen LogP contribution in [0, 0.1) is 5.92 Å². The number of carboxylic acid groups (broad SMARTS) is 1. The minimum atomic E-state index is -1.23. The summed E-state index contributed by atoms with van der Waals surface area (Å²) in [5.74, 6) is -1.05. The van der Waals surface area contributed by atoms with Crippen LogP contribution in [0.3, 0.4) is 0 Å². The van der Waals surface area contributed by atoms with E-state index in [0.717, 1.165) is 24.4 Å². The molecule has 1 aliphatic carbocycles. The lowest BCUT2D eigenvalue weighted by molar-refractivity contribution is -0.144. The number of rotatable bonds is 4. The number of hydrogen-bond acceptors (Lipinski definition) is 6. The largest absolute Gasteiger partial charge is 0.480 e. The van der Waals surface area contributed by atoms with Gasteiger partial charge in [0, 0.05) is 11.5 Å². The summed E-state index contributed by atoms with van der Waals surface area (Å²) in [5, 5.41) is 21.0. The van der Waals surface area contributed by atoms with Crippen molar-refractivity contribution in [2.24, 2.45) is 5.92 Å². The summed E-state index contributed by atoms with van der Waals surface area (Å²) < 4.78 is 3.48. The van der Waals surface area contributed by atoms with Crippen LogP contribution in [0.15, 0.2) is 0 Å². The molecule has 0 spiro atoms. The molecular formula is C8H11N5O3S. The zero-order valence-electron chi connectivity index (χ0n) is 9.01. The maximum absolute atomic E-state index is 11.6. The fourth-order valence-corrected chi connectivity index (χ4v) is 1.90. The first-order chi connectivity index (χ1) is 8.02. The summed E-state index contributed by atoms with van der Waals surface area (Å²) in [7, 11) is 0. The molecule has 1 heterocycles. The fraction of sp³-hybridized carbons (Fsp3) is 0.625. The molecule has 92 valence electrons. The maximum atomic E-state index is 11.6. The quantitative estimate of drug-likeness (QED) is 0.714. The van der Waals surface area contributed by atoms with Crippen molar-refractivity contribution in [3.05, 3.63) is 0 Å². The van der Waals surface area contributed by atoms with Crippen molar-refractivity contribution in [3.63, 3.8) is 0 Å². The first kappa shape index (κ1) is 11.7. The van der Waals surface area contributed by atoms with Gasteiger partial charge in [-0.3, -0.25) is 5.32 Å². The van der Waals surface area contributed by atoms with Crippen molar-refractivity contribution in [2.45, 2.75) is 25.3 Å². The highest BCUT2D eigenvalue weighted by atomic mass is 32.1. The fourth-order valence-electron chi connectivity index (χ4n) is 1.54. The number of urea groups is 1. The van der Waals surface area contributed by atoms with E-state index in [1.165, 1.54) is 6.92 Å². The third-order valence-electron chi connectivity index (χ3n) is 2.73. The van der Waals surface area contributed by atoms with Crippen LogP contribution >= 0.6 is 11.5 Å². The van der Waals surface area contributed by atoms with E-state index in [-0.39, 0.29) is 11.0 Å². The second kappa shape index (κ2) is 4.24. The van der Waals surface area contributed by atoms with E-state index in [9.17, 15) is 9.59 Å². The number of carbonyl (C=O) groups excluding carboxylic acids is 1. The monoisotopic (exact) mass is 257 g/mol. The van der Waals surface area contributed by atoms with Crippen LogP contribution in [0.4, 0.5) is 9.93 Å². The molecule has 2 rings (SSSR count). The number of nitrogens with one attached hydrogen (secondary N) is 2. The number of amides is 2. The van der Waals surface area contributed by atoms with Crippen LogP contribution in [0.2, 0.25) is 0 Å². The van der Waals surface area contributed by atoms with Crippen molar-refractivity contribution in [2.75, 3.05) is 5.32 Å². The molecule has 9 heteroatoms. The zero-order chi connectivity index (χ0) is 12.5. The molecular weight excluding hydrogens is 246 g/mol. The molecule has 0 bridgehead atoms. The summed E-state index contributed by atoms with van der Waals surface area (Å²) in [6.07, 6.45) is 1.62. The van der Waals surface area contributed by atoms with Gasteiger partial charge in [-0.2, -0.15) is 0 Å². The Morgan fingerprint density at radius 3 is 2.71 bits per heavy atom. The van der Waals surface area contributed by atoms with Gasteiger partial charge in [-0.25, -0.2) is 9.59 Å². The topological polar surface area (TPSA) is 117 Å². The Kier molecular flexibility index (Phi) is 2.92. The summed E-state index contributed by atoms with van der Waals surface area (Å²) in [6.45, 7) is 1.50. The molecule has 1 unspecified atom stereocenters. The second-order valence-electron chi connectivity index (χ2n) is 4.03. The lowest BCUT2D eigenvalue weighted by Gasteiger charge is -2.25. The van der Waals surface area contributed by atoms with E-state index in [0.29, 0.717) is 0 Å². The van der Waals surface area contributed by atoms with Gasteiger partial charge >= 0.3 is 12.0 Å². The predicted molar refractivity (Wildman–Crippen MR) is 58.6 cm³/mol. The van der Waals surface area contributed by atoms with Crippen molar-refractivity contribution in [1.29, 1.82) is 0 Å². The number of anilines is 1. The Hall–Kier alpha value is -1.77. The van der Waals surface area contributed by atoms with Gasteiger partial charge in [0.1, 0.15) is 5.54 Å². The average Bonchev–Trinajstić information content (AvgIpc) is 2.99. The number of hydrogen-bond donors (Lipinski definition) is 3. The molecule has 1 atom stereocenters. The summed E-state index contributed by atoms with van der Waals surface area (Å²) in [6, 6.07) is -0.611. The molecule has 1 aliphatic rings. The zero-order valence-corrected chi connectivity index (χ0v) is 9.82. The predicted octanol–water partition coefficient (Wildman–Crippen LogP) is 0.308. The molecule has 17 heavy (non-hydrogen) atoms. The number of nitrogens with zero attached hydrogens (tertiary/aromatic N) is 3. The van der Waals surface area contributed by atoms with Crippen LogP contribution in [-0.2, 0) is 4.79 Å². The van der Waals surface area contributed by atoms with Gasteiger partial charge in [0.25, 0.3) is 0 Å². The molecule has 8 nitrogen and oxygen atoms in total. The molecule has 0 radical (unpaired) electrons. The van der Waals surface area contributed by atoms with E-state index < -0.39 is 17.5 Å². The standard InChI is InChI=1S/C8H11N5O3S/c1-8(5(14)15,4-2-3-4)10-6(16)9-7-11-12-13-17-7/h4H,2-3H2,1H3,(H,14,15)(H2,9,10,11,13,16). The van der Waals surface area contributed by atoms with Crippen molar-refractivity contribution < 1.29 is 14.7 Å². The lowest BCUT2D eigenvalue weighted by Crippen LogP contribution is -2.55. The van der Waals surface area contributed by atoms with Crippen molar-refractivity contribution in [3.8, 4) is 0 Å². The lowest BCUT2D eigenvalue weighted by atomic mass is 9.96. The first-order valence-corrected chi connectivity index (χ1v) is 5.77. The highest BCUT2D eigenvalue weighted by molar-refractivity contribution is 7.09. The van der Waals surface area contributed by atoms with E-state index >= 15 is 0 Å². The van der Waals surface area contributed by atoms with E-state index in [2.05, 4.69) is 25.4 Å². The van der Waals surface area contributed by atoms with Crippen LogP contribution in [-0.4, -0.2) is 37.4 Å². The van der Waals surface area contributed by atoms with Crippen LogP contribution < -0.4 is 10.6 Å². The Morgan fingerprint density at radius 2 is 2.24 bits per heavy atom. The minimum Gasteiger partial charge on any atom is -0.480 e. The Labute approximate surface area is 101 Å². The van der Waals surface area contributed by atoms with Gasteiger partial charge in [-0.1, -0.05) is 9.59 Å². The smallest absolute Gasteiger partial charge is 0.329 e. The van der Waals surface area contributed by atoms with Gasteiger partial charge < -0.3 is 10.4 Å². The van der Waals surface area contributed by atoms with E-state index in [1.807, 2.05) is 0 Å². The molecule has 1 fully saturated rings. The van der Waals surface area contributed by atoms with Crippen molar-refractivity contribution in [1.82, 2.24) is 20.1 Å². The SMILES string of the molecule is CC(NC(=O)Nc1nnns1)(C(=O)O)C1CC1. The molecule has 0 saturated heterocycles. The number of aromatic nitrogens is 3. The van der Waals surface area contributed by atoms with Gasteiger partial charge in [0.2, 0.25) is 5.13 Å². The molecule has 0 aliphatic heterocycles. The Bertz CT molecular complexity index is 432. The van der Waals surface area contributed by atoms with Gasteiger partial charge in [0.15, 0.2) is 0 Å². The van der Waals surface area contributed by atoms with Gasteiger partial charge in [-0.15, -0.1) is 0 Å². The third kappa shape index (κ3) is 2.49. The summed E-state index contributed by atoms with van der Waals surface area (Å²) in [4.78, 5) is 22.7. The van der Waals surface area contributed by atoms with Gasteiger partial charge in [-0.05, 0) is 30.9 Å². The van der Waals surface area contributed by atoms with E-state index in [1.54, 1.807) is 0 Å². The van der Waals surface area contributed by atoms with Crippen LogP contribution in [0.25, 0.3) is 0 Å². The number of carbonyl (C=O) groups is 2. The highest BCUT2D eigenvalue weighted by Crippen LogP contribution is 2.39. The van der Waals surface area contributed by atoms with E-state index in [4.69, 9.17) is 5.11 Å². The summed E-state index contributed by atoms with van der Waals surface area (Å²) in [5.41, 5.74) is -1.23. The highest BCUT2D eigenvalue weighted by Gasteiger charge is 2.48. The second-order valence-corrected chi connectivity index (χ2v) is 4.76. The first-order valence-electron chi connectivity index (χ1n) is 5.00. The van der Waals surface area contributed by atoms with Crippen LogP contribution in [0.1, 0.15) is 19.8 Å². The molecule has 1 aromatic heterocycles. The molecule has 0 aromatic carbocycles. The number of aliphatic carboxylic acids is 1. The average molecular weight is 257 g/mol. The maximum Gasteiger partial charge on any atom is 0.329 e. The Morgan fingerprint density at radius 1 is 1.53 bits per heavy atom. The number of carboxylic acids is 1. The molecule has 1 saturated carbocycles. The molecule has 1 aromatic rings. The third-order valence-corrected chi connectivity index (χ3v) is 3.24. The molecule has 3 N–H and O–H groups in total. The normalized spacial score (nSPS) is 18.2. The van der Waals surface area contributed by atoms with Gasteiger partial charge in [0.05, 0.1) is 0 Å². The minimum absolute atomic E-state index is 0.0155. The molecule has 2 amide bonds. The Balaban J connectivity index is 1.99. The van der Waals surface area contributed by atoms with Crippen molar-refractivity contribution >= 4 is 28.7 Å².